The van der Waals surface area contributed by atoms with Crippen molar-refractivity contribution in [2.45, 2.75) is 43.5 Å². The van der Waals surface area contributed by atoms with Crippen LogP contribution in [0.2, 0.25) is 0 Å². The van der Waals surface area contributed by atoms with Crippen molar-refractivity contribution in [1.29, 1.82) is 0 Å². The minimum Gasteiger partial charge on any atom is -0.496 e. The molecule has 0 aromatic heterocycles. The molecule has 6 nitrogen and oxygen atoms in total. The van der Waals surface area contributed by atoms with Crippen molar-refractivity contribution in [3.63, 3.8) is 0 Å². The Labute approximate surface area is 187 Å². The molecule has 0 spiro atoms. The van der Waals surface area contributed by atoms with Gasteiger partial charge in [-0.3, -0.25) is 4.79 Å². The van der Waals surface area contributed by atoms with Crippen molar-refractivity contribution in [2.75, 3.05) is 27.2 Å². The fraction of sp³-hybridized carbons (Fsp3) is 0.435. The van der Waals surface area contributed by atoms with Crippen LogP contribution in [0.4, 0.5) is 8.78 Å². The normalized spacial score (nSPS) is 16.3. The van der Waals surface area contributed by atoms with Crippen molar-refractivity contribution >= 4 is 15.9 Å². The summed E-state index contributed by atoms with van der Waals surface area (Å²) in [5.41, 5.74) is 0.493. The summed E-state index contributed by atoms with van der Waals surface area (Å²) in [5, 5.41) is 0. The van der Waals surface area contributed by atoms with Gasteiger partial charge in [0.25, 0.3) is 5.91 Å². The number of amides is 1. The van der Waals surface area contributed by atoms with Gasteiger partial charge < -0.3 is 9.64 Å². The van der Waals surface area contributed by atoms with E-state index in [1.165, 1.54) is 47.6 Å². The molecule has 32 heavy (non-hydrogen) atoms. The van der Waals surface area contributed by atoms with Crippen LogP contribution >= 0.6 is 0 Å². The summed E-state index contributed by atoms with van der Waals surface area (Å²) >= 11 is 0. The number of ether oxygens (including phenoxy) is 1. The van der Waals surface area contributed by atoms with Crippen molar-refractivity contribution in [3.8, 4) is 5.75 Å². The van der Waals surface area contributed by atoms with Gasteiger partial charge in [0.05, 0.1) is 23.6 Å². The van der Waals surface area contributed by atoms with Gasteiger partial charge in [0.15, 0.2) is 11.6 Å². The molecule has 0 aliphatic carbocycles. The summed E-state index contributed by atoms with van der Waals surface area (Å²) in [6.07, 6.45) is 3.58. The molecule has 1 aliphatic rings. The number of carbonyl (C=O) groups excluding carboxylic acids is 1. The highest BCUT2D eigenvalue weighted by atomic mass is 32.2. The Morgan fingerprint density at radius 1 is 1.03 bits per heavy atom. The maximum Gasteiger partial charge on any atom is 0.257 e. The van der Waals surface area contributed by atoms with Crippen molar-refractivity contribution in [3.05, 3.63) is 59.2 Å². The Bertz CT molecular complexity index is 1080. The smallest absolute Gasteiger partial charge is 0.257 e. The average molecular weight is 467 g/mol. The van der Waals surface area contributed by atoms with Crippen molar-refractivity contribution in [1.82, 2.24) is 9.21 Å². The zero-order valence-electron chi connectivity index (χ0n) is 18.5. The molecule has 2 aromatic rings. The van der Waals surface area contributed by atoms with Gasteiger partial charge in [0, 0.05) is 20.1 Å². The van der Waals surface area contributed by atoms with E-state index in [2.05, 4.69) is 0 Å². The van der Waals surface area contributed by atoms with Gasteiger partial charge in [0.1, 0.15) is 5.75 Å². The molecular weight excluding hydrogens is 438 g/mol. The molecule has 3 rings (SSSR count). The molecule has 0 radical (unpaired) electrons. The molecule has 0 saturated carbocycles. The first-order chi connectivity index (χ1) is 15.2. The van der Waals surface area contributed by atoms with E-state index in [1.54, 1.807) is 6.92 Å². The van der Waals surface area contributed by atoms with E-state index in [9.17, 15) is 22.0 Å². The molecule has 1 heterocycles. The monoisotopic (exact) mass is 466 g/mol. The maximum absolute atomic E-state index is 13.7. The topological polar surface area (TPSA) is 66.9 Å². The Kier molecular flexibility index (Phi) is 7.51. The molecule has 174 valence electrons. The van der Waals surface area contributed by atoms with Crippen LogP contribution in [0, 0.1) is 11.6 Å². The first-order valence-electron chi connectivity index (χ1n) is 10.6. The number of benzene rings is 2. The second-order valence-electron chi connectivity index (χ2n) is 7.95. The third-order valence-corrected chi connectivity index (χ3v) is 7.83. The number of hydrogen-bond acceptors (Lipinski definition) is 4. The van der Waals surface area contributed by atoms with Gasteiger partial charge in [-0.25, -0.2) is 17.2 Å². The lowest BCUT2D eigenvalue weighted by Gasteiger charge is -2.27. The lowest BCUT2D eigenvalue weighted by atomic mass is 10.1. The molecule has 1 saturated heterocycles. The number of hydrogen-bond donors (Lipinski definition) is 0. The van der Waals surface area contributed by atoms with Crippen LogP contribution in [-0.4, -0.2) is 50.8 Å². The summed E-state index contributed by atoms with van der Waals surface area (Å²) < 4.78 is 60.1. The highest BCUT2D eigenvalue weighted by Gasteiger charge is 2.29. The molecule has 0 bridgehead atoms. The number of rotatable bonds is 6. The van der Waals surface area contributed by atoms with Gasteiger partial charge >= 0.3 is 0 Å². The van der Waals surface area contributed by atoms with Crippen LogP contribution in [0.15, 0.2) is 41.3 Å². The van der Waals surface area contributed by atoms with E-state index in [4.69, 9.17) is 4.74 Å². The lowest BCUT2D eigenvalue weighted by molar-refractivity contribution is 0.0738. The minimum absolute atomic E-state index is 0.0254. The molecule has 0 N–H and O–H groups in total. The van der Waals surface area contributed by atoms with Gasteiger partial charge in [-0.2, -0.15) is 4.31 Å². The predicted molar refractivity (Wildman–Crippen MR) is 117 cm³/mol. The minimum atomic E-state index is -3.76. The zero-order valence-corrected chi connectivity index (χ0v) is 19.3. The largest absolute Gasteiger partial charge is 0.496 e. The number of methoxy groups -OCH3 is 1. The van der Waals surface area contributed by atoms with Crippen LogP contribution in [0.5, 0.6) is 5.75 Å². The summed E-state index contributed by atoms with van der Waals surface area (Å²) in [7, 11) is -0.845. The Hall–Kier alpha value is -2.52. The molecule has 1 unspecified atom stereocenters. The van der Waals surface area contributed by atoms with Crippen LogP contribution in [0.1, 0.15) is 54.6 Å². The molecule has 1 fully saturated rings. The Morgan fingerprint density at radius 2 is 1.69 bits per heavy atom. The third kappa shape index (κ3) is 4.94. The second-order valence-corrected chi connectivity index (χ2v) is 9.88. The maximum atomic E-state index is 13.7. The first-order valence-corrected chi connectivity index (χ1v) is 12.0. The average Bonchev–Trinajstić information content (AvgIpc) is 3.09. The SMILES string of the molecule is COc1ccc(S(=O)(=O)N2CCCCCC2)cc1C(=O)N(C)C(C)c1ccc(F)c(F)c1. The van der Waals surface area contributed by atoms with Gasteiger partial charge in [-0.05, 0) is 55.7 Å². The Balaban J connectivity index is 1.93. The molecule has 9 heteroatoms. The van der Waals surface area contributed by atoms with E-state index < -0.39 is 33.6 Å². The second kappa shape index (κ2) is 9.95. The van der Waals surface area contributed by atoms with E-state index in [-0.39, 0.29) is 16.2 Å². The highest BCUT2D eigenvalue weighted by Crippen LogP contribution is 2.29. The Morgan fingerprint density at radius 3 is 2.28 bits per heavy atom. The lowest BCUT2D eigenvalue weighted by Crippen LogP contribution is -2.33. The van der Waals surface area contributed by atoms with Gasteiger partial charge in [0.2, 0.25) is 10.0 Å². The van der Waals surface area contributed by atoms with Crippen LogP contribution < -0.4 is 4.74 Å². The van der Waals surface area contributed by atoms with E-state index in [1.807, 2.05) is 0 Å². The molecule has 1 amide bonds. The molecular formula is C23H28F2N2O4S. The number of nitrogens with zero attached hydrogens (tertiary/aromatic N) is 2. The van der Waals surface area contributed by atoms with Gasteiger partial charge in [-0.1, -0.05) is 18.9 Å². The fourth-order valence-corrected chi connectivity index (χ4v) is 5.35. The van der Waals surface area contributed by atoms with E-state index >= 15 is 0 Å². The van der Waals surface area contributed by atoms with Crippen molar-refractivity contribution < 1.29 is 26.7 Å². The van der Waals surface area contributed by atoms with Gasteiger partial charge in [-0.15, -0.1) is 0 Å². The van der Waals surface area contributed by atoms with Crippen LogP contribution in [0.25, 0.3) is 0 Å². The van der Waals surface area contributed by atoms with Crippen LogP contribution in [0.3, 0.4) is 0 Å². The van der Waals surface area contributed by atoms with E-state index in [0.717, 1.165) is 37.8 Å². The summed E-state index contributed by atoms with van der Waals surface area (Å²) in [6.45, 7) is 2.57. The number of halogens is 2. The summed E-state index contributed by atoms with van der Waals surface area (Å²) in [6, 6.07) is 7.10. The number of carbonyl (C=O) groups is 1. The molecule has 1 aliphatic heterocycles. The quantitative estimate of drug-likeness (QED) is 0.634. The summed E-state index contributed by atoms with van der Waals surface area (Å²) in [5.74, 6) is -2.23. The van der Waals surface area contributed by atoms with Crippen molar-refractivity contribution in [2.24, 2.45) is 0 Å². The standard InChI is InChI=1S/C23H28F2N2O4S/c1-16(17-8-10-20(24)21(25)14-17)26(2)23(28)19-15-18(9-11-22(19)31-3)32(29,30)27-12-6-4-5-7-13-27/h8-11,14-16H,4-7,12-13H2,1-3H3. The fourth-order valence-electron chi connectivity index (χ4n) is 3.81. The molecule has 2 aromatic carbocycles. The zero-order chi connectivity index (χ0) is 23.5. The first kappa shape index (κ1) is 24.1. The summed E-state index contributed by atoms with van der Waals surface area (Å²) in [4.78, 5) is 14.6. The van der Waals surface area contributed by atoms with E-state index in [0.29, 0.717) is 18.7 Å². The number of sulfonamides is 1. The third-order valence-electron chi connectivity index (χ3n) is 5.93. The highest BCUT2D eigenvalue weighted by molar-refractivity contribution is 7.89. The molecule has 1 atom stereocenters. The van der Waals surface area contributed by atoms with Crippen LogP contribution in [-0.2, 0) is 10.0 Å². The predicted octanol–water partition coefficient (Wildman–Crippen LogP) is 4.37.